The predicted molar refractivity (Wildman–Crippen MR) is 135 cm³/mol. The first-order valence-corrected chi connectivity index (χ1v) is 13.6. The summed E-state index contributed by atoms with van der Waals surface area (Å²) in [5.41, 5.74) is 3.08. The summed E-state index contributed by atoms with van der Waals surface area (Å²) in [6, 6.07) is 16.6. The standard InChI is InChI=1S/C25H26N4O3S2/c1-17-11-12-20(34(31,32)28-13-7-4-8-14-28)15-22(17)26-24(30)23-16-21-18(2)27-29(25(21)33-23)19-9-5-3-6-10-19/h3,5-6,9-12,15-16H,4,7-8,13-14H2,1-2H3,(H,26,30). The van der Waals surface area contributed by atoms with E-state index in [0.717, 1.165) is 46.4 Å². The van der Waals surface area contributed by atoms with Crippen molar-refractivity contribution in [3.05, 3.63) is 70.7 Å². The highest BCUT2D eigenvalue weighted by molar-refractivity contribution is 7.89. The molecule has 0 bridgehead atoms. The number of benzene rings is 2. The number of para-hydroxylation sites is 1. The molecule has 1 N–H and O–H groups in total. The number of nitrogens with zero attached hydrogens (tertiary/aromatic N) is 3. The monoisotopic (exact) mass is 494 g/mol. The van der Waals surface area contributed by atoms with Crippen molar-refractivity contribution in [2.45, 2.75) is 38.0 Å². The largest absolute Gasteiger partial charge is 0.321 e. The second kappa shape index (κ2) is 8.98. The lowest BCUT2D eigenvalue weighted by Gasteiger charge is -2.26. The van der Waals surface area contributed by atoms with Crippen LogP contribution in [0.15, 0.2) is 59.5 Å². The number of piperidine rings is 1. The molecular formula is C25H26N4O3S2. The van der Waals surface area contributed by atoms with E-state index in [1.54, 1.807) is 18.2 Å². The fourth-order valence-electron chi connectivity index (χ4n) is 4.24. The molecule has 0 unspecified atom stereocenters. The van der Waals surface area contributed by atoms with E-state index in [4.69, 9.17) is 0 Å². The lowest BCUT2D eigenvalue weighted by molar-refractivity contribution is 0.103. The van der Waals surface area contributed by atoms with Gasteiger partial charge < -0.3 is 5.32 Å². The van der Waals surface area contributed by atoms with Gasteiger partial charge in [0.1, 0.15) is 4.83 Å². The Kier molecular flexibility index (Phi) is 6.01. The molecule has 1 aliphatic heterocycles. The molecule has 2 aromatic heterocycles. The molecule has 1 aliphatic rings. The highest BCUT2D eigenvalue weighted by Gasteiger charge is 2.27. The Bertz CT molecular complexity index is 1470. The first-order chi connectivity index (χ1) is 16.3. The molecule has 7 nitrogen and oxygen atoms in total. The smallest absolute Gasteiger partial charge is 0.265 e. The van der Waals surface area contributed by atoms with Crippen molar-refractivity contribution in [1.29, 1.82) is 0 Å². The van der Waals surface area contributed by atoms with Gasteiger partial charge in [0.2, 0.25) is 10.0 Å². The van der Waals surface area contributed by atoms with Gasteiger partial charge in [0.25, 0.3) is 5.91 Å². The van der Waals surface area contributed by atoms with E-state index in [9.17, 15) is 13.2 Å². The molecule has 1 fully saturated rings. The molecule has 3 heterocycles. The van der Waals surface area contributed by atoms with Crippen molar-refractivity contribution in [2.75, 3.05) is 18.4 Å². The van der Waals surface area contributed by atoms with Crippen LogP contribution in [-0.2, 0) is 10.0 Å². The summed E-state index contributed by atoms with van der Waals surface area (Å²) in [5, 5.41) is 8.48. The van der Waals surface area contributed by atoms with Gasteiger partial charge in [-0.15, -0.1) is 11.3 Å². The topological polar surface area (TPSA) is 84.3 Å². The maximum atomic E-state index is 13.2. The molecule has 0 spiro atoms. The molecule has 176 valence electrons. The van der Waals surface area contributed by atoms with Crippen LogP contribution in [0.1, 0.15) is 40.2 Å². The Balaban J connectivity index is 1.44. The van der Waals surface area contributed by atoms with Gasteiger partial charge in [-0.2, -0.15) is 9.40 Å². The van der Waals surface area contributed by atoms with E-state index in [2.05, 4.69) is 10.4 Å². The maximum absolute atomic E-state index is 13.2. The van der Waals surface area contributed by atoms with Crippen LogP contribution >= 0.6 is 11.3 Å². The zero-order valence-electron chi connectivity index (χ0n) is 19.1. The molecule has 1 saturated heterocycles. The van der Waals surface area contributed by atoms with Crippen LogP contribution in [0.2, 0.25) is 0 Å². The molecule has 1 amide bonds. The molecule has 2 aromatic carbocycles. The Morgan fingerprint density at radius 3 is 2.47 bits per heavy atom. The van der Waals surface area contributed by atoms with Gasteiger partial charge >= 0.3 is 0 Å². The average molecular weight is 495 g/mol. The molecule has 4 aromatic rings. The fraction of sp³-hybridized carbons (Fsp3) is 0.280. The Hall–Kier alpha value is -3.01. The van der Waals surface area contributed by atoms with E-state index in [1.807, 2.05) is 54.9 Å². The summed E-state index contributed by atoms with van der Waals surface area (Å²) in [4.78, 5) is 14.8. The zero-order chi connectivity index (χ0) is 23.9. The number of carbonyl (C=O) groups is 1. The number of nitrogens with one attached hydrogen (secondary N) is 1. The second-order valence-corrected chi connectivity index (χ2v) is 11.5. The number of amides is 1. The van der Waals surface area contributed by atoms with Crippen molar-refractivity contribution in [1.82, 2.24) is 14.1 Å². The van der Waals surface area contributed by atoms with Crippen molar-refractivity contribution in [3.8, 4) is 5.69 Å². The highest BCUT2D eigenvalue weighted by Crippen LogP contribution is 2.32. The number of rotatable bonds is 5. The number of fused-ring (bicyclic) bond motifs is 1. The van der Waals surface area contributed by atoms with Crippen LogP contribution in [0.3, 0.4) is 0 Å². The average Bonchev–Trinajstić information content (AvgIpc) is 3.42. The van der Waals surface area contributed by atoms with E-state index >= 15 is 0 Å². The summed E-state index contributed by atoms with van der Waals surface area (Å²) in [5.74, 6) is -0.268. The number of thiophene rings is 1. The van der Waals surface area contributed by atoms with Crippen LogP contribution < -0.4 is 5.32 Å². The zero-order valence-corrected chi connectivity index (χ0v) is 20.7. The van der Waals surface area contributed by atoms with E-state index < -0.39 is 10.0 Å². The third-order valence-electron chi connectivity index (χ3n) is 6.18. The highest BCUT2D eigenvalue weighted by atomic mass is 32.2. The summed E-state index contributed by atoms with van der Waals surface area (Å²) in [6.45, 7) is 4.86. The predicted octanol–water partition coefficient (Wildman–Crippen LogP) is 5.13. The van der Waals surface area contributed by atoms with E-state index in [-0.39, 0.29) is 10.8 Å². The molecule has 5 rings (SSSR count). The summed E-state index contributed by atoms with van der Waals surface area (Å²) < 4.78 is 29.6. The quantitative estimate of drug-likeness (QED) is 0.417. The second-order valence-electron chi connectivity index (χ2n) is 8.56. The Morgan fingerprint density at radius 2 is 1.74 bits per heavy atom. The Labute approximate surface area is 203 Å². The fourth-order valence-corrected chi connectivity index (χ4v) is 6.86. The van der Waals surface area contributed by atoms with Gasteiger partial charge in [0.05, 0.1) is 21.2 Å². The maximum Gasteiger partial charge on any atom is 0.265 e. The minimum atomic E-state index is -3.58. The molecule has 0 atom stereocenters. The number of hydrogen-bond acceptors (Lipinski definition) is 5. The van der Waals surface area contributed by atoms with Gasteiger partial charge in [-0.1, -0.05) is 30.7 Å². The van der Waals surface area contributed by atoms with Crippen LogP contribution in [0, 0.1) is 13.8 Å². The normalized spacial score (nSPS) is 15.0. The molecule has 34 heavy (non-hydrogen) atoms. The third kappa shape index (κ3) is 4.15. The van der Waals surface area contributed by atoms with Gasteiger partial charge in [0.15, 0.2) is 0 Å². The van der Waals surface area contributed by atoms with Gasteiger partial charge in [-0.05, 0) is 62.6 Å². The van der Waals surface area contributed by atoms with Crippen LogP contribution in [-0.4, -0.2) is 41.5 Å². The van der Waals surface area contributed by atoms with Gasteiger partial charge in [0, 0.05) is 24.2 Å². The summed E-state index contributed by atoms with van der Waals surface area (Å²) >= 11 is 1.37. The van der Waals surface area contributed by atoms with Crippen molar-refractivity contribution in [2.24, 2.45) is 0 Å². The SMILES string of the molecule is Cc1ccc(S(=O)(=O)N2CCCCC2)cc1NC(=O)c1cc2c(C)nn(-c3ccccc3)c2s1. The minimum Gasteiger partial charge on any atom is -0.321 e. The van der Waals surface area contributed by atoms with Gasteiger partial charge in [-0.3, -0.25) is 4.79 Å². The third-order valence-corrected chi connectivity index (χ3v) is 9.18. The summed E-state index contributed by atoms with van der Waals surface area (Å²) in [6.07, 6.45) is 2.80. The summed E-state index contributed by atoms with van der Waals surface area (Å²) in [7, 11) is -3.58. The minimum absolute atomic E-state index is 0.210. The number of aromatic nitrogens is 2. The lowest BCUT2D eigenvalue weighted by Crippen LogP contribution is -2.35. The molecule has 0 radical (unpaired) electrons. The van der Waals surface area contributed by atoms with Crippen LogP contribution in [0.5, 0.6) is 0 Å². The van der Waals surface area contributed by atoms with Crippen LogP contribution in [0.25, 0.3) is 15.9 Å². The van der Waals surface area contributed by atoms with Crippen LogP contribution in [0.4, 0.5) is 5.69 Å². The number of anilines is 1. The van der Waals surface area contributed by atoms with E-state index in [1.165, 1.54) is 15.6 Å². The van der Waals surface area contributed by atoms with Crippen molar-refractivity contribution >= 4 is 43.2 Å². The number of aryl methyl sites for hydroxylation is 2. The number of hydrogen-bond donors (Lipinski definition) is 1. The molecule has 0 saturated carbocycles. The van der Waals surface area contributed by atoms with Crippen molar-refractivity contribution < 1.29 is 13.2 Å². The molecular weight excluding hydrogens is 468 g/mol. The van der Waals surface area contributed by atoms with Gasteiger partial charge in [-0.25, -0.2) is 13.1 Å². The molecule has 0 aliphatic carbocycles. The first-order valence-electron chi connectivity index (χ1n) is 11.3. The number of sulfonamides is 1. The van der Waals surface area contributed by atoms with Crippen molar-refractivity contribution in [3.63, 3.8) is 0 Å². The number of carbonyl (C=O) groups excluding carboxylic acids is 1. The molecule has 9 heteroatoms. The first kappa shape index (κ1) is 22.8. The lowest BCUT2D eigenvalue weighted by atomic mass is 10.2. The van der Waals surface area contributed by atoms with E-state index in [0.29, 0.717) is 23.7 Å². The Morgan fingerprint density at radius 1 is 1.00 bits per heavy atom.